The van der Waals surface area contributed by atoms with Crippen LogP contribution >= 0.6 is 23.4 Å². The monoisotopic (exact) mass is 204 g/mol. The summed E-state index contributed by atoms with van der Waals surface area (Å²) in [6.07, 6.45) is 7.92. The molecule has 0 bridgehead atoms. The SMILES string of the molecule is CSCCC1(CCl)CC2CC2C1. The Bertz CT molecular complexity index is 159. The summed E-state index contributed by atoms with van der Waals surface area (Å²) in [6, 6.07) is 0. The molecular formula is C10H17ClS. The Morgan fingerprint density at radius 3 is 2.58 bits per heavy atom. The van der Waals surface area contributed by atoms with E-state index in [1.165, 1.54) is 31.4 Å². The lowest BCUT2D eigenvalue weighted by Crippen LogP contribution is -2.21. The average molecular weight is 205 g/mol. The largest absolute Gasteiger partial charge is 0.165 e. The summed E-state index contributed by atoms with van der Waals surface area (Å²) >= 11 is 8.04. The van der Waals surface area contributed by atoms with Gasteiger partial charge in [0.2, 0.25) is 0 Å². The summed E-state index contributed by atoms with van der Waals surface area (Å²) in [4.78, 5) is 0. The summed E-state index contributed by atoms with van der Waals surface area (Å²) in [6.45, 7) is 0. The third-order valence-electron chi connectivity index (χ3n) is 3.58. The van der Waals surface area contributed by atoms with Crippen molar-refractivity contribution in [2.24, 2.45) is 17.3 Å². The molecule has 0 aromatic carbocycles. The molecule has 12 heavy (non-hydrogen) atoms. The van der Waals surface area contributed by atoms with Gasteiger partial charge in [0.15, 0.2) is 0 Å². The normalized spacial score (nSPS) is 44.5. The zero-order chi connectivity index (χ0) is 8.60. The molecule has 2 aliphatic rings. The van der Waals surface area contributed by atoms with Gasteiger partial charge in [-0.2, -0.15) is 11.8 Å². The standard InChI is InChI=1S/C10H17ClS/c1-12-3-2-10(7-11)5-8-4-9(8)6-10/h8-9H,2-7H2,1H3. The first-order valence-corrected chi connectivity index (χ1v) is 6.77. The Balaban J connectivity index is 1.87. The Hall–Kier alpha value is 0.640. The molecule has 0 aromatic heterocycles. The third-order valence-corrected chi connectivity index (χ3v) is 4.76. The number of fused-ring (bicyclic) bond motifs is 1. The van der Waals surface area contributed by atoms with Crippen molar-refractivity contribution in [3.05, 3.63) is 0 Å². The van der Waals surface area contributed by atoms with E-state index >= 15 is 0 Å². The molecule has 2 atom stereocenters. The topological polar surface area (TPSA) is 0 Å². The quantitative estimate of drug-likeness (QED) is 0.633. The minimum absolute atomic E-state index is 0.554. The van der Waals surface area contributed by atoms with Gasteiger partial charge >= 0.3 is 0 Å². The van der Waals surface area contributed by atoms with E-state index in [0.29, 0.717) is 5.41 Å². The number of rotatable bonds is 4. The molecule has 0 nitrogen and oxygen atoms in total. The summed E-state index contributed by atoms with van der Waals surface area (Å²) in [7, 11) is 0. The summed E-state index contributed by atoms with van der Waals surface area (Å²) in [5.74, 6) is 4.35. The second-order valence-corrected chi connectivity index (χ2v) is 5.79. The molecule has 0 heterocycles. The first kappa shape index (κ1) is 9.21. The fourth-order valence-electron chi connectivity index (χ4n) is 2.70. The molecule has 2 fully saturated rings. The Morgan fingerprint density at radius 1 is 1.42 bits per heavy atom. The number of hydrogen-bond acceptors (Lipinski definition) is 1. The molecule has 0 aromatic rings. The molecule has 2 heteroatoms. The van der Waals surface area contributed by atoms with Crippen molar-refractivity contribution in [3.63, 3.8) is 0 Å². The van der Waals surface area contributed by atoms with Crippen LogP contribution in [0.5, 0.6) is 0 Å². The second kappa shape index (κ2) is 3.42. The van der Waals surface area contributed by atoms with E-state index in [1.807, 2.05) is 11.8 Å². The van der Waals surface area contributed by atoms with E-state index in [1.54, 1.807) is 0 Å². The van der Waals surface area contributed by atoms with Crippen LogP contribution < -0.4 is 0 Å². The summed E-state index contributed by atoms with van der Waals surface area (Å²) in [5.41, 5.74) is 0.554. The van der Waals surface area contributed by atoms with Gasteiger partial charge in [0.05, 0.1) is 0 Å². The fourth-order valence-corrected chi connectivity index (χ4v) is 3.69. The van der Waals surface area contributed by atoms with Gasteiger partial charge in [-0.3, -0.25) is 0 Å². The molecule has 0 amide bonds. The Kier molecular flexibility index (Phi) is 2.62. The van der Waals surface area contributed by atoms with E-state index in [2.05, 4.69) is 6.26 Å². The van der Waals surface area contributed by atoms with Gasteiger partial charge in [0.1, 0.15) is 0 Å². The highest BCUT2D eigenvalue weighted by Crippen LogP contribution is 2.61. The average Bonchev–Trinajstić information content (AvgIpc) is 2.72. The Morgan fingerprint density at radius 2 is 2.08 bits per heavy atom. The molecule has 0 N–H and O–H groups in total. The third kappa shape index (κ3) is 1.63. The first-order valence-electron chi connectivity index (χ1n) is 4.84. The number of thioether (sulfide) groups is 1. The smallest absolute Gasteiger partial charge is 0.0280 e. The van der Waals surface area contributed by atoms with Crippen LogP contribution in [0.4, 0.5) is 0 Å². The van der Waals surface area contributed by atoms with Crippen LogP contribution in [0.25, 0.3) is 0 Å². The number of alkyl halides is 1. The lowest BCUT2D eigenvalue weighted by Gasteiger charge is -2.27. The molecule has 0 saturated heterocycles. The molecule has 0 aliphatic heterocycles. The molecular weight excluding hydrogens is 188 g/mol. The van der Waals surface area contributed by atoms with Crippen LogP contribution in [0.15, 0.2) is 0 Å². The van der Waals surface area contributed by atoms with Crippen molar-refractivity contribution >= 4 is 23.4 Å². The minimum Gasteiger partial charge on any atom is -0.165 e. The second-order valence-electron chi connectivity index (χ2n) is 4.54. The highest BCUT2D eigenvalue weighted by atomic mass is 35.5. The van der Waals surface area contributed by atoms with Crippen LogP contribution in [-0.2, 0) is 0 Å². The molecule has 0 spiro atoms. The molecule has 0 radical (unpaired) electrons. The molecule has 2 unspecified atom stereocenters. The highest BCUT2D eigenvalue weighted by molar-refractivity contribution is 7.98. The molecule has 2 saturated carbocycles. The molecule has 70 valence electrons. The van der Waals surface area contributed by atoms with Crippen molar-refractivity contribution in [2.75, 3.05) is 17.9 Å². The zero-order valence-electron chi connectivity index (χ0n) is 7.68. The van der Waals surface area contributed by atoms with Crippen LogP contribution in [0, 0.1) is 17.3 Å². The van der Waals surface area contributed by atoms with Crippen LogP contribution in [0.2, 0.25) is 0 Å². The number of hydrogen-bond donors (Lipinski definition) is 0. The van der Waals surface area contributed by atoms with Gasteiger partial charge in [-0.25, -0.2) is 0 Å². The van der Waals surface area contributed by atoms with E-state index in [0.717, 1.165) is 17.7 Å². The van der Waals surface area contributed by atoms with Crippen molar-refractivity contribution in [3.8, 4) is 0 Å². The highest BCUT2D eigenvalue weighted by Gasteiger charge is 2.52. The van der Waals surface area contributed by atoms with Gasteiger partial charge in [-0.05, 0) is 54.9 Å². The van der Waals surface area contributed by atoms with Gasteiger partial charge in [-0.1, -0.05) is 0 Å². The lowest BCUT2D eigenvalue weighted by molar-refractivity contribution is 0.296. The molecule has 2 rings (SSSR count). The maximum atomic E-state index is 6.08. The fraction of sp³-hybridized carbons (Fsp3) is 1.00. The summed E-state index contributed by atoms with van der Waals surface area (Å²) in [5, 5.41) is 0. The molecule has 2 aliphatic carbocycles. The van der Waals surface area contributed by atoms with E-state index in [9.17, 15) is 0 Å². The van der Waals surface area contributed by atoms with Crippen LogP contribution in [-0.4, -0.2) is 17.9 Å². The maximum Gasteiger partial charge on any atom is 0.0280 e. The van der Waals surface area contributed by atoms with Gasteiger partial charge in [0, 0.05) is 5.88 Å². The van der Waals surface area contributed by atoms with Gasteiger partial charge in [0.25, 0.3) is 0 Å². The van der Waals surface area contributed by atoms with Crippen LogP contribution in [0.3, 0.4) is 0 Å². The summed E-state index contributed by atoms with van der Waals surface area (Å²) < 4.78 is 0. The van der Waals surface area contributed by atoms with Gasteiger partial charge in [-0.15, -0.1) is 11.6 Å². The van der Waals surface area contributed by atoms with E-state index in [-0.39, 0.29) is 0 Å². The van der Waals surface area contributed by atoms with Crippen LogP contribution in [0.1, 0.15) is 25.7 Å². The van der Waals surface area contributed by atoms with E-state index in [4.69, 9.17) is 11.6 Å². The lowest BCUT2D eigenvalue weighted by atomic mass is 9.82. The van der Waals surface area contributed by atoms with Crippen molar-refractivity contribution < 1.29 is 0 Å². The van der Waals surface area contributed by atoms with Crippen molar-refractivity contribution in [1.29, 1.82) is 0 Å². The minimum atomic E-state index is 0.554. The maximum absolute atomic E-state index is 6.08. The van der Waals surface area contributed by atoms with Crippen molar-refractivity contribution in [1.82, 2.24) is 0 Å². The van der Waals surface area contributed by atoms with Crippen molar-refractivity contribution in [2.45, 2.75) is 25.7 Å². The predicted octanol–water partition coefficient (Wildman–Crippen LogP) is 3.39. The number of halogens is 1. The Labute approximate surface area is 84.4 Å². The predicted molar refractivity (Wildman–Crippen MR) is 57.0 cm³/mol. The van der Waals surface area contributed by atoms with Gasteiger partial charge < -0.3 is 0 Å². The zero-order valence-corrected chi connectivity index (χ0v) is 9.26. The van der Waals surface area contributed by atoms with E-state index < -0.39 is 0 Å². The first-order chi connectivity index (χ1) is 5.79.